The molecule has 2 aromatic carbocycles. The molecule has 1 amide bonds. The highest BCUT2D eigenvalue weighted by atomic mass is 16.1. The first-order valence-electron chi connectivity index (χ1n) is 18.3. The second-order valence-electron chi connectivity index (χ2n) is 14.0. The summed E-state index contributed by atoms with van der Waals surface area (Å²) in [7, 11) is 0. The number of carbonyl (C=O) groups excluding carboxylic acids is 1. The van der Waals surface area contributed by atoms with Crippen LogP contribution in [0.1, 0.15) is 101 Å². The molecular formula is C43H48N6O. The van der Waals surface area contributed by atoms with E-state index in [1.807, 2.05) is 37.5 Å². The fourth-order valence-electron chi connectivity index (χ4n) is 7.58. The van der Waals surface area contributed by atoms with Crippen molar-refractivity contribution < 1.29 is 4.79 Å². The van der Waals surface area contributed by atoms with E-state index in [0.717, 1.165) is 71.8 Å². The molecule has 3 aromatic heterocycles. The molecule has 7 heteroatoms. The van der Waals surface area contributed by atoms with Crippen molar-refractivity contribution in [2.75, 3.05) is 19.6 Å². The van der Waals surface area contributed by atoms with E-state index in [1.165, 1.54) is 54.4 Å². The third kappa shape index (κ3) is 7.95. The molecule has 256 valence electrons. The Kier molecular flexibility index (Phi) is 10.6. The molecule has 0 unspecified atom stereocenters. The molecule has 7 nitrogen and oxygen atoms in total. The molecule has 1 saturated heterocycles. The van der Waals surface area contributed by atoms with Crippen LogP contribution in [0.5, 0.6) is 0 Å². The lowest BCUT2D eigenvalue weighted by Gasteiger charge is -2.25. The highest BCUT2D eigenvalue weighted by Gasteiger charge is 2.22. The summed E-state index contributed by atoms with van der Waals surface area (Å²) in [5.74, 6) is 1.30. The average molecular weight is 665 g/mol. The van der Waals surface area contributed by atoms with Crippen LogP contribution in [-0.2, 0) is 13.0 Å². The van der Waals surface area contributed by atoms with Crippen LogP contribution in [0, 0.1) is 13.8 Å². The summed E-state index contributed by atoms with van der Waals surface area (Å²) < 4.78 is 2.23. The minimum Gasteiger partial charge on any atom is -0.329 e. The van der Waals surface area contributed by atoms with Crippen molar-refractivity contribution in [1.29, 1.82) is 0 Å². The molecule has 0 spiro atoms. The second-order valence-corrected chi connectivity index (χ2v) is 14.0. The number of hydrogen-bond donors (Lipinski definition) is 1. The number of carbonyl (C=O) groups is 1. The van der Waals surface area contributed by atoms with Gasteiger partial charge in [-0.05, 0) is 99.5 Å². The van der Waals surface area contributed by atoms with Gasteiger partial charge in [-0.3, -0.25) is 19.7 Å². The number of nitrogens with zero attached hydrogens (tertiary/aromatic N) is 5. The van der Waals surface area contributed by atoms with E-state index in [-0.39, 0.29) is 5.91 Å². The monoisotopic (exact) mass is 664 g/mol. The van der Waals surface area contributed by atoms with Gasteiger partial charge in [-0.15, -0.1) is 0 Å². The summed E-state index contributed by atoms with van der Waals surface area (Å²) in [5.41, 5.74) is 10.7. The highest BCUT2D eigenvalue weighted by molar-refractivity contribution is 5.96. The maximum Gasteiger partial charge on any atom is 0.255 e. The summed E-state index contributed by atoms with van der Waals surface area (Å²) >= 11 is 0. The van der Waals surface area contributed by atoms with Crippen LogP contribution in [0.3, 0.4) is 0 Å². The van der Waals surface area contributed by atoms with Gasteiger partial charge in [0.1, 0.15) is 11.3 Å². The van der Waals surface area contributed by atoms with Crippen LogP contribution in [0.25, 0.3) is 16.6 Å². The Morgan fingerprint density at radius 1 is 0.920 bits per heavy atom. The molecule has 1 saturated carbocycles. The molecule has 2 aliphatic rings. The molecule has 1 N–H and O–H groups in total. The van der Waals surface area contributed by atoms with Gasteiger partial charge in [0, 0.05) is 48.7 Å². The number of benzene rings is 2. The van der Waals surface area contributed by atoms with Gasteiger partial charge in [0.15, 0.2) is 0 Å². The van der Waals surface area contributed by atoms with Crippen LogP contribution in [0.2, 0.25) is 0 Å². The lowest BCUT2D eigenvalue weighted by Crippen LogP contribution is -2.21. The Hall–Kier alpha value is -4.88. The standard InChI is InChI=1S/C43H48N6O/c1-31-15-18-35(19-16-31)37(22-27-48-25-6-7-26-48)40-14-8-12-36(47-40)13-9-23-45-43(50)38-20-17-33(28-39(38)34-10-4-3-5-11-34)30-49-32(2)46-41-29-44-24-21-42(41)49/h8-9,12,14-24,28-29,34H,3-7,10-11,13,25-27,30H2,1-2H3,(H,45,50). The number of hydrogen-bond acceptors (Lipinski definition) is 5. The fraction of sp³-hybridized carbons (Fsp3) is 0.349. The molecule has 2 fully saturated rings. The summed E-state index contributed by atoms with van der Waals surface area (Å²) in [4.78, 5) is 30.2. The number of nitrogens with one attached hydrogen (secondary N) is 1. The number of likely N-dealkylation sites (tertiary alicyclic amines) is 1. The number of allylic oxidation sites excluding steroid dienone is 1. The first-order valence-corrected chi connectivity index (χ1v) is 18.3. The zero-order valence-electron chi connectivity index (χ0n) is 29.4. The van der Waals surface area contributed by atoms with Gasteiger partial charge in [0.2, 0.25) is 0 Å². The highest BCUT2D eigenvalue weighted by Crippen LogP contribution is 2.35. The van der Waals surface area contributed by atoms with Crippen LogP contribution in [-0.4, -0.2) is 50.0 Å². The van der Waals surface area contributed by atoms with Crippen molar-refractivity contribution >= 4 is 22.5 Å². The number of aromatic nitrogens is 4. The molecule has 5 aromatic rings. The van der Waals surface area contributed by atoms with Gasteiger partial charge in [-0.25, -0.2) is 4.98 Å². The smallest absolute Gasteiger partial charge is 0.255 e. The first-order chi connectivity index (χ1) is 24.5. The van der Waals surface area contributed by atoms with E-state index in [1.54, 1.807) is 6.20 Å². The largest absolute Gasteiger partial charge is 0.329 e. The fourth-order valence-corrected chi connectivity index (χ4v) is 7.58. The van der Waals surface area contributed by atoms with Crippen molar-refractivity contribution in [2.24, 2.45) is 0 Å². The number of rotatable bonds is 11. The maximum atomic E-state index is 13.7. The number of pyridine rings is 2. The van der Waals surface area contributed by atoms with E-state index in [9.17, 15) is 4.79 Å². The van der Waals surface area contributed by atoms with E-state index >= 15 is 0 Å². The van der Waals surface area contributed by atoms with Crippen LogP contribution in [0.15, 0.2) is 97.5 Å². The van der Waals surface area contributed by atoms with Crippen molar-refractivity contribution in [1.82, 2.24) is 29.7 Å². The normalized spacial score (nSPS) is 16.1. The van der Waals surface area contributed by atoms with Gasteiger partial charge < -0.3 is 9.88 Å². The topological polar surface area (TPSA) is 75.9 Å². The molecule has 0 radical (unpaired) electrons. The van der Waals surface area contributed by atoms with Gasteiger partial charge in [-0.1, -0.05) is 79.4 Å². The lowest BCUT2D eigenvalue weighted by molar-refractivity contribution is 0.0968. The molecule has 50 heavy (non-hydrogen) atoms. The van der Waals surface area contributed by atoms with Crippen molar-refractivity contribution in [3.05, 3.63) is 143 Å². The Morgan fingerprint density at radius 3 is 2.56 bits per heavy atom. The quantitative estimate of drug-likeness (QED) is 0.153. The Balaban J connectivity index is 1.06. The van der Waals surface area contributed by atoms with E-state index in [4.69, 9.17) is 9.97 Å². The predicted octanol–water partition coefficient (Wildman–Crippen LogP) is 8.55. The zero-order valence-corrected chi connectivity index (χ0v) is 29.4. The molecule has 0 atom stereocenters. The predicted molar refractivity (Wildman–Crippen MR) is 202 cm³/mol. The molecule has 0 bridgehead atoms. The van der Waals surface area contributed by atoms with Crippen LogP contribution < -0.4 is 5.32 Å². The molecule has 1 aliphatic carbocycles. The summed E-state index contributed by atoms with van der Waals surface area (Å²) in [5, 5.41) is 3.08. The lowest BCUT2D eigenvalue weighted by atomic mass is 9.81. The van der Waals surface area contributed by atoms with Crippen LogP contribution in [0.4, 0.5) is 0 Å². The number of aryl methyl sites for hydroxylation is 2. The van der Waals surface area contributed by atoms with Crippen molar-refractivity contribution in [2.45, 2.75) is 77.7 Å². The van der Waals surface area contributed by atoms with Gasteiger partial charge >= 0.3 is 0 Å². The van der Waals surface area contributed by atoms with Gasteiger partial charge in [0.25, 0.3) is 5.91 Å². The van der Waals surface area contributed by atoms with Gasteiger partial charge in [-0.2, -0.15) is 0 Å². The van der Waals surface area contributed by atoms with Crippen molar-refractivity contribution in [3.8, 4) is 0 Å². The minimum absolute atomic E-state index is 0.0584. The third-order valence-corrected chi connectivity index (χ3v) is 10.3. The molecular weight excluding hydrogens is 617 g/mol. The Bertz CT molecular complexity index is 1990. The number of fused-ring (bicyclic) bond motifs is 1. The Labute approximate surface area is 296 Å². The maximum absolute atomic E-state index is 13.7. The second kappa shape index (κ2) is 15.8. The van der Waals surface area contributed by atoms with E-state index < -0.39 is 0 Å². The SMILES string of the molecule is Cc1ccc(C(=CCN2CCCC2)c2cccc(CC=CNC(=O)c3ccc(Cn4c(C)nc5cnccc54)cc3C3CCCCC3)n2)cc1. The Morgan fingerprint density at radius 2 is 1.74 bits per heavy atom. The first kappa shape index (κ1) is 33.6. The van der Waals surface area contributed by atoms with Crippen molar-refractivity contribution in [3.63, 3.8) is 0 Å². The van der Waals surface area contributed by atoms with E-state index in [2.05, 4.69) is 87.4 Å². The summed E-state index contributed by atoms with van der Waals surface area (Å²) in [6.45, 7) is 8.12. The third-order valence-electron chi connectivity index (χ3n) is 10.3. The molecule has 7 rings (SSSR count). The van der Waals surface area contributed by atoms with E-state index in [0.29, 0.717) is 18.9 Å². The van der Waals surface area contributed by atoms with Crippen LogP contribution >= 0.6 is 0 Å². The molecule has 4 heterocycles. The minimum atomic E-state index is -0.0584. The summed E-state index contributed by atoms with van der Waals surface area (Å²) in [6, 6.07) is 23.4. The average Bonchev–Trinajstić information content (AvgIpc) is 3.79. The summed E-state index contributed by atoms with van der Waals surface area (Å²) in [6.07, 6.45) is 18.9. The van der Waals surface area contributed by atoms with Gasteiger partial charge in [0.05, 0.1) is 17.4 Å². The number of amides is 1. The zero-order chi connectivity index (χ0) is 34.3. The number of imidazole rings is 1. The molecule has 1 aliphatic heterocycles.